The predicted molar refractivity (Wildman–Crippen MR) is 52.8 cm³/mol. The Bertz CT molecular complexity index is 269. The van der Waals surface area contributed by atoms with Crippen LogP contribution >= 0.6 is 0 Å². The Balaban J connectivity index is 3.13. The predicted octanol–water partition coefficient (Wildman–Crippen LogP) is 2.75. The second-order valence-corrected chi connectivity index (χ2v) is 2.95. The van der Waals surface area contributed by atoms with Crippen LogP contribution in [0.5, 0.6) is 0 Å². The van der Waals surface area contributed by atoms with Crippen LogP contribution in [0.15, 0.2) is 19.4 Å². The van der Waals surface area contributed by atoms with Gasteiger partial charge in [0.15, 0.2) is 0 Å². The average molecular weight is 162 g/mol. The van der Waals surface area contributed by atoms with E-state index < -0.39 is 0 Å². The Morgan fingerprint density at radius 1 is 1.42 bits per heavy atom. The van der Waals surface area contributed by atoms with E-state index in [1.54, 1.807) is 12.2 Å². The van der Waals surface area contributed by atoms with Gasteiger partial charge in [0, 0.05) is 17.8 Å². The van der Waals surface area contributed by atoms with E-state index in [1.807, 2.05) is 10.9 Å². The third-order valence-corrected chi connectivity index (χ3v) is 1.73. The summed E-state index contributed by atoms with van der Waals surface area (Å²) in [6.45, 7) is 11.6. The van der Waals surface area contributed by atoms with Crippen molar-refractivity contribution in [1.29, 1.82) is 0 Å². The molecule has 0 aromatic carbocycles. The second-order valence-electron chi connectivity index (χ2n) is 2.95. The molecule has 0 aliphatic heterocycles. The third kappa shape index (κ3) is 1.47. The van der Waals surface area contributed by atoms with E-state index in [-0.39, 0.29) is 0 Å². The summed E-state index contributed by atoms with van der Waals surface area (Å²) < 4.78 is 1.91. The molecule has 2 nitrogen and oxygen atoms in total. The molecule has 0 fully saturated rings. The van der Waals surface area contributed by atoms with E-state index in [0.717, 1.165) is 11.3 Å². The van der Waals surface area contributed by atoms with Crippen LogP contribution < -0.4 is 0 Å². The van der Waals surface area contributed by atoms with Crippen molar-refractivity contribution in [2.45, 2.75) is 19.9 Å². The lowest BCUT2D eigenvalue weighted by molar-refractivity contribution is 0.531. The van der Waals surface area contributed by atoms with Crippen LogP contribution in [0.3, 0.4) is 0 Å². The van der Waals surface area contributed by atoms with Crippen molar-refractivity contribution in [2.24, 2.45) is 0 Å². The highest BCUT2D eigenvalue weighted by Crippen LogP contribution is 2.12. The summed E-state index contributed by atoms with van der Waals surface area (Å²) in [4.78, 5) is 0. The molecule has 2 heteroatoms. The van der Waals surface area contributed by atoms with Gasteiger partial charge in [0.2, 0.25) is 0 Å². The zero-order valence-electron chi connectivity index (χ0n) is 7.62. The van der Waals surface area contributed by atoms with Gasteiger partial charge in [-0.1, -0.05) is 19.2 Å². The number of hydrogen-bond acceptors (Lipinski definition) is 1. The maximum atomic E-state index is 4.33. The molecule has 0 aliphatic carbocycles. The van der Waals surface area contributed by atoms with Crippen molar-refractivity contribution in [3.8, 4) is 0 Å². The Morgan fingerprint density at radius 3 is 2.42 bits per heavy atom. The van der Waals surface area contributed by atoms with Crippen LogP contribution in [0.4, 0.5) is 0 Å². The highest BCUT2D eigenvalue weighted by atomic mass is 15.3. The fourth-order valence-electron chi connectivity index (χ4n) is 1.00. The summed E-state index contributed by atoms with van der Waals surface area (Å²) in [6, 6.07) is 0.386. The Labute approximate surface area is 73.2 Å². The summed E-state index contributed by atoms with van der Waals surface area (Å²) in [5.41, 5.74) is 1.94. The monoisotopic (exact) mass is 162 g/mol. The Hall–Kier alpha value is -1.31. The van der Waals surface area contributed by atoms with Crippen LogP contribution in [-0.4, -0.2) is 9.78 Å². The van der Waals surface area contributed by atoms with Gasteiger partial charge in [-0.3, -0.25) is 4.68 Å². The molecule has 0 radical (unpaired) electrons. The first kappa shape index (κ1) is 8.78. The first-order valence-corrected chi connectivity index (χ1v) is 4.03. The van der Waals surface area contributed by atoms with Gasteiger partial charge in [-0.05, 0) is 19.9 Å². The number of hydrogen-bond donors (Lipinski definition) is 0. The van der Waals surface area contributed by atoms with Gasteiger partial charge in [-0.2, -0.15) is 5.10 Å². The van der Waals surface area contributed by atoms with Gasteiger partial charge in [-0.25, -0.2) is 0 Å². The van der Waals surface area contributed by atoms with Gasteiger partial charge < -0.3 is 0 Å². The standard InChI is InChI=1S/C10H14N2/c1-5-9-7-12(8(3)4)11-10(9)6-2/h5-8H,1-2H2,3-4H3. The van der Waals surface area contributed by atoms with E-state index in [0.29, 0.717) is 6.04 Å². The maximum Gasteiger partial charge on any atom is 0.0917 e. The first-order chi connectivity index (χ1) is 5.69. The average Bonchev–Trinajstić information content (AvgIpc) is 2.46. The summed E-state index contributed by atoms with van der Waals surface area (Å²) in [5.74, 6) is 0. The van der Waals surface area contributed by atoms with E-state index in [9.17, 15) is 0 Å². The quantitative estimate of drug-likeness (QED) is 0.668. The SMILES string of the molecule is C=Cc1cn(C(C)C)nc1C=C. The van der Waals surface area contributed by atoms with Crippen LogP contribution in [0, 0.1) is 0 Å². The molecule has 0 saturated heterocycles. The molecule has 1 rings (SSSR count). The molecule has 0 amide bonds. The molecule has 0 spiro atoms. The van der Waals surface area contributed by atoms with Crippen LogP contribution in [0.1, 0.15) is 31.1 Å². The largest absolute Gasteiger partial charge is 0.269 e. The molecule has 0 saturated carbocycles. The molecule has 0 aliphatic rings. The van der Waals surface area contributed by atoms with Crippen LogP contribution in [0.25, 0.3) is 12.2 Å². The minimum absolute atomic E-state index is 0.386. The molecule has 12 heavy (non-hydrogen) atoms. The van der Waals surface area contributed by atoms with Crippen molar-refractivity contribution in [1.82, 2.24) is 9.78 Å². The van der Waals surface area contributed by atoms with Gasteiger partial charge in [-0.15, -0.1) is 0 Å². The van der Waals surface area contributed by atoms with E-state index in [1.165, 1.54) is 0 Å². The maximum absolute atomic E-state index is 4.33. The summed E-state index contributed by atoms with van der Waals surface area (Å²) in [7, 11) is 0. The second kappa shape index (κ2) is 3.39. The van der Waals surface area contributed by atoms with E-state index in [4.69, 9.17) is 0 Å². The molecular weight excluding hydrogens is 148 g/mol. The molecule has 1 aromatic rings. The molecule has 1 heterocycles. The lowest BCUT2D eigenvalue weighted by atomic mass is 10.2. The van der Waals surface area contributed by atoms with Crippen molar-refractivity contribution in [3.05, 3.63) is 30.6 Å². The normalized spacial score (nSPS) is 10.2. The van der Waals surface area contributed by atoms with Gasteiger partial charge in [0.25, 0.3) is 0 Å². The summed E-state index contributed by atoms with van der Waals surface area (Å²) in [6.07, 6.45) is 5.52. The molecule has 1 aromatic heterocycles. The van der Waals surface area contributed by atoms with Gasteiger partial charge >= 0.3 is 0 Å². The molecule has 0 bridgehead atoms. The topological polar surface area (TPSA) is 17.8 Å². The van der Waals surface area contributed by atoms with Crippen molar-refractivity contribution in [2.75, 3.05) is 0 Å². The first-order valence-electron chi connectivity index (χ1n) is 4.03. The minimum Gasteiger partial charge on any atom is -0.269 e. The van der Waals surface area contributed by atoms with Crippen molar-refractivity contribution < 1.29 is 0 Å². The Kier molecular flexibility index (Phi) is 2.48. The van der Waals surface area contributed by atoms with Crippen molar-refractivity contribution in [3.63, 3.8) is 0 Å². The van der Waals surface area contributed by atoms with Crippen molar-refractivity contribution >= 4 is 12.2 Å². The molecular formula is C10H14N2. The fraction of sp³-hybridized carbons (Fsp3) is 0.300. The molecule has 0 atom stereocenters. The van der Waals surface area contributed by atoms with Gasteiger partial charge in [0.05, 0.1) is 5.69 Å². The lowest BCUT2D eigenvalue weighted by Gasteiger charge is -2.02. The third-order valence-electron chi connectivity index (χ3n) is 1.73. The lowest BCUT2D eigenvalue weighted by Crippen LogP contribution is -2.00. The van der Waals surface area contributed by atoms with E-state index in [2.05, 4.69) is 32.1 Å². The van der Waals surface area contributed by atoms with E-state index >= 15 is 0 Å². The van der Waals surface area contributed by atoms with Crippen LogP contribution in [-0.2, 0) is 0 Å². The zero-order chi connectivity index (χ0) is 9.14. The summed E-state index contributed by atoms with van der Waals surface area (Å²) in [5, 5.41) is 4.33. The minimum atomic E-state index is 0.386. The number of aromatic nitrogens is 2. The highest BCUT2D eigenvalue weighted by molar-refractivity contribution is 5.59. The highest BCUT2D eigenvalue weighted by Gasteiger charge is 2.04. The molecule has 0 N–H and O–H groups in total. The van der Waals surface area contributed by atoms with Crippen LogP contribution in [0.2, 0.25) is 0 Å². The smallest absolute Gasteiger partial charge is 0.0917 e. The number of rotatable bonds is 3. The Morgan fingerprint density at radius 2 is 2.08 bits per heavy atom. The molecule has 0 unspecified atom stereocenters. The molecule has 64 valence electrons. The fourth-order valence-corrected chi connectivity index (χ4v) is 1.00. The number of nitrogens with zero attached hydrogens (tertiary/aromatic N) is 2. The van der Waals surface area contributed by atoms with Gasteiger partial charge in [0.1, 0.15) is 0 Å². The summed E-state index contributed by atoms with van der Waals surface area (Å²) >= 11 is 0. The zero-order valence-corrected chi connectivity index (χ0v) is 7.62.